The summed E-state index contributed by atoms with van der Waals surface area (Å²) in [6, 6.07) is 7.55. The summed E-state index contributed by atoms with van der Waals surface area (Å²) in [5, 5.41) is 6.16. The van der Waals surface area contributed by atoms with Gasteiger partial charge in [-0.3, -0.25) is 9.69 Å². The van der Waals surface area contributed by atoms with E-state index in [0.717, 1.165) is 36.4 Å². The number of hydrogen-bond acceptors (Lipinski definition) is 4. The quantitative estimate of drug-likeness (QED) is 0.847. The second-order valence-electron chi connectivity index (χ2n) is 4.95. The zero-order chi connectivity index (χ0) is 14.4. The van der Waals surface area contributed by atoms with E-state index in [4.69, 9.17) is 4.74 Å². The molecule has 0 aromatic heterocycles. The number of amides is 1. The van der Waals surface area contributed by atoms with Gasteiger partial charge < -0.3 is 15.4 Å². The lowest BCUT2D eigenvalue weighted by molar-refractivity contribution is -0.117. The number of benzene rings is 1. The Hall–Kier alpha value is -0.950. The lowest BCUT2D eigenvalue weighted by Gasteiger charge is -2.27. The van der Waals surface area contributed by atoms with Crippen molar-refractivity contribution in [1.29, 1.82) is 0 Å². The molecule has 0 radical (unpaired) electrons. The number of halogens is 1. The predicted octanol–water partition coefficient (Wildman–Crippen LogP) is 1.31. The molecule has 20 heavy (non-hydrogen) atoms. The number of ether oxygens (including phenoxy) is 1. The van der Waals surface area contributed by atoms with Gasteiger partial charge in [-0.15, -0.1) is 0 Å². The van der Waals surface area contributed by atoms with Crippen LogP contribution in [0.3, 0.4) is 0 Å². The summed E-state index contributed by atoms with van der Waals surface area (Å²) in [5.41, 5.74) is 0.808. The van der Waals surface area contributed by atoms with Crippen LogP contribution in [0.2, 0.25) is 0 Å². The second kappa shape index (κ2) is 7.73. The van der Waals surface area contributed by atoms with Crippen LogP contribution < -0.4 is 10.6 Å². The van der Waals surface area contributed by atoms with Gasteiger partial charge in [-0.2, -0.15) is 0 Å². The van der Waals surface area contributed by atoms with Crippen molar-refractivity contribution in [3.8, 4) is 0 Å². The Kier molecular flexibility index (Phi) is 5.97. The summed E-state index contributed by atoms with van der Waals surface area (Å²) in [4.78, 5) is 13.9. The van der Waals surface area contributed by atoms with Gasteiger partial charge >= 0.3 is 0 Å². The van der Waals surface area contributed by atoms with Gasteiger partial charge in [0.15, 0.2) is 0 Å². The van der Waals surface area contributed by atoms with E-state index in [2.05, 4.69) is 26.6 Å². The van der Waals surface area contributed by atoms with Crippen LogP contribution in [0.1, 0.15) is 0 Å². The highest BCUT2D eigenvalue weighted by Gasteiger charge is 2.16. The van der Waals surface area contributed by atoms with Gasteiger partial charge in [-0.25, -0.2) is 0 Å². The molecule has 1 saturated heterocycles. The number of carbonyl (C=O) groups excluding carboxylic acids is 1. The molecule has 1 aliphatic heterocycles. The van der Waals surface area contributed by atoms with Crippen LogP contribution in [0.5, 0.6) is 0 Å². The lowest BCUT2D eigenvalue weighted by atomic mass is 10.3. The van der Waals surface area contributed by atoms with E-state index >= 15 is 0 Å². The van der Waals surface area contributed by atoms with Crippen molar-refractivity contribution in [3.63, 3.8) is 0 Å². The third kappa shape index (κ3) is 5.20. The molecule has 0 bridgehead atoms. The maximum absolute atomic E-state index is 11.9. The smallest absolute Gasteiger partial charge is 0.238 e. The summed E-state index contributed by atoms with van der Waals surface area (Å²) >= 11 is 3.37. The molecule has 1 aliphatic rings. The van der Waals surface area contributed by atoms with Crippen LogP contribution in [-0.2, 0) is 9.53 Å². The Morgan fingerprint density at radius 2 is 2.25 bits per heavy atom. The van der Waals surface area contributed by atoms with Crippen LogP contribution in [-0.4, -0.2) is 56.7 Å². The molecule has 2 rings (SSSR count). The molecular formula is C14H20BrN3O2. The fourth-order valence-corrected chi connectivity index (χ4v) is 2.39. The maximum atomic E-state index is 11.9. The molecule has 6 heteroatoms. The zero-order valence-electron chi connectivity index (χ0n) is 11.6. The number of likely N-dealkylation sites (N-methyl/N-ethyl adjacent to an activating group) is 1. The summed E-state index contributed by atoms with van der Waals surface area (Å²) in [7, 11) is 1.93. The number of nitrogens with one attached hydrogen (secondary N) is 2. The van der Waals surface area contributed by atoms with Gasteiger partial charge in [0.25, 0.3) is 0 Å². The molecule has 1 amide bonds. The van der Waals surface area contributed by atoms with Crippen LogP contribution in [0.15, 0.2) is 28.7 Å². The third-order valence-electron chi connectivity index (χ3n) is 3.06. The molecule has 0 aliphatic carbocycles. The summed E-state index contributed by atoms with van der Waals surface area (Å²) in [6.45, 7) is 3.60. The first-order valence-corrected chi connectivity index (χ1v) is 7.49. The minimum Gasteiger partial charge on any atom is -0.374 e. The number of hydrogen-bond donors (Lipinski definition) is 2. The Balaban J connectivity index is 1.74. The van der Waals surface area contributed by atoms with Crippen molar-refractivity contribution in [3.05, 3.63) is 28.7 Å². The van der Waals surface area contributed by atoms with Crippen molar-refractivity contribution in [2.75, 3.05) is 45.2 Å². The zero-order valence-corrected chi connectivity index (χ0v) is 13.1. The fourth-order valence-electron chi connectivity index (χ4n) is 2.13. The molecule has 1 heterocycles. The predicted molar refractivity (Wildman–Crippen MR) is 82.9 cm³/mol. The minimum atomic E-state index is -0.0152. The Bertz CT molecular complexity index is 433. The molecule has 1 unspecified atom stereocenters. The standard InChI is InChI=1S/C14H20BrN3O2/c1-18(9-13-8-16-6-7-20-13)10-14(19)17-12-4-2-11(15)3-5-12/h2-5,13,16H,6-10H2,1H3,(H,17,19). The molecule has 1 atom stereocenters. The van der Waals surface area contributed by atoms with Crippen molar-refractivity contribution < 1.29 is 9.53 Å². The van der Waals surface area contributed by atoms with E-state index in [1.807, 2.05) is 36.2 Å². The molecule has 110 valence electrons. The van der Waals surface area contributed by atoms with E-state index in [0.29, 0.717) is 6.54 Å². The first kappa shape index (κ1) is 15.4. The van der Waals surface area contributed by atoms with Gasteiger partial charge in [-0.05, 0) is 31.3 Å². The fraction of sp³-hybridized carbons (Fsp3) is 0.500. The van der Waals surface area contributed by atoms with Crippen molar-refractivity contribution in [1.82, 2.24) is 10.2 Å². The number of morpholine rings is 1. The average Bonchev–Trinajstić information content (AvgIpc) is 2.42. The number of nitrogens with zero attached hydrogens (tertiary/aromatic N) is 1. The number of rotatable bonds is 5. The lowest BCUT2D eigenvalue weighted by Crippen LogP contribution is -2.45. The molecule has 5 nitrogen and oxygen atoms in total. The first-order chi connectivity index (χ1) is 9.63. The highest BCUT2D eigenvalue weighted by Crippen LogP contribution is 2.14. The highest BCUT2D eigenvalue weighted by atomic mass is 79.9. The third-order valence-corrected chi connectivity index (χ3v) is 3.59. The molecule has 2 N–H and O–H groups in total. The molecule has 1 aromatic carbocycles. The van der Waals surface area contributed by atoms with Crippen molar-refractivity contribution in [2.24, 2.45) is 0 Å². The van der Waals surface area contributed by atoms with Gasteiger partial charge in [-0.1, -0.05) is 15.9 Å². The van der Waals surface area contributed by atoms with Gasteiger partial charge in [0.05, 0.1) is 19.3 Å². The minimum absolute atomic E-state index is 0.0152. The Morgan fingerprint density at radius 3 is 2.90 bits per heavy atom. The Morgan fingerprint density at radius 1 is 1.50 bits per heavy atom. The number of carbonyl (C=O) groups is 1. The largest absolute Gasteiger partial charge is 0.374 e. The molecule has 0 saturated carbocycles. The SMILES string of the molecule is CN(CC(=O)Nc1ccc(Br)cc1)CC1CNCCO1. The van der Waals surface area contributed by atoms with Crippen molar-refractivity contribution >= 4 is 27.5 Å². The van der Waals surface area contributed by atoms with Crippen molar-refractivity contribution in [2.45, 2.75) is 6.10 Å². The monoisotopic (exact) mass is 341 g/mol. The summed E-state index contributed by atoms with van der Waals surface area (Å²) in [6.07, 6.45) is 0.161. The van der Waals surface area contributed by atoms with Gasteiger partial charge in [0, 0.05) is 29.8 Å². The van der Waals surface area contributed by atoms with Crippen LogP contribution in [0.4, 0.5) is 5.69 Å². The van der Waals surface area contributed by atoms with Crippen LogP contribution in [0.25, 0.3) is 0 Å². The molecule has 0 spiro atoms. The highest BCUT2D eigenvalue weighted by molar-refractivity contribution is 9.10. The van der Waals surface area contributed by atoms with Crippen LogP contribution >= 0.6 is 15.9 Å². The van der Waals surface area contributed by atoms with E-state index < -0.39 is 0 Å². The topological polar surface area (TPSA) is 53.6 Å². The molecule has 1 fully saturated rings. The molecule has 1 aromatic rings. The van der Waals surface area contributed by atoms with E-state index in [-0.39, 0.29) is 12.0 Å². The normalized spacial score (nSPS) is 19.1. The number of anilines is 1. The maximum Gasteiger partial charge on any atom is 0.238 e. The average molecular weight is 342 g/mol. The first-order valence-electron chi connectivity index (χ1n) is 6.70. The second-order valence-corrected chi connectivity index (χ2v) is 5.86. The van der Waals surface area contributed by atoms with E-state index in [1.165, 1.54) is 0 Å². The van der Waals surface area contributed by atoms with Crippen LogP contribution in [0, 0.1) is 0 Å². The van der Waals surface area contributed by atoms with Gasteiger partial charge in [0.1, 0.15) is 0 Å². The Labute approximate surface area is 127 Å². The summed E-state index contributed by atoms with van der Waals surface area (Å²) < 4.78 is 6.62. The molecular weight excluding hydrogens is 322 g/mol. The van der Waals surface area contributed by atoms with E-state index in [9.17, 15) is 4.79 Å². The van der Waals surface area contributed by atoms with E-state index in [1.54, 1.807) is 0 Å². The summed E-state index contributed by atoms with van der Waals surface area (Å²) in [5.74, 6) is -0.0152. The van der Waals surface area contributed by atoms with Gasteiger partial charge in [0.2, 0.25) is 5.91 Å².